The fourth-order valence-electron chi connectivity index (χ4n) is 2.18. The highest BCUT2D eigenvalue weighted by Gasteiger charge is 2.21. The summed E-state index contributed by atoms with van der Waals surface area (Å²) < 4.78 is 27.9. The molecule has 0 bridgehead atoms. The third-order valence-corrected chi connectivity index (χ3v) is 3.26. The number of pyridine rings is 1. The first kappa shape index (κ1) is 14.6. The molecule has 1 heterocycles. The van der Waals surface area contributed by atoms with Gasteiger partial charge < -0.3 is 5.32 Å². The zero-order chi connectivity index (χ0) is 14.7. The van der Waals surface area contributed by atoms with Gasteiger partial charge in [0.2, 0.25) is 0 Å². The van der Waals surface area contributed by atoms with E-state index in [0.717, 1.165) is 5.56 Å². The summed E-state index contributed by atoms with van der Waals surface area (Å²) in [5.74, 6) is -1.60. The lowest BCUT2D eigenvalue weighted by Crippen LogP contribution is -2.24. The minimum atomic E-state index is -0.806. The molecule has 0 fully saturated rings. The predicted molar refractivity (Wildman–Crippen MR) is 75.6 cm³/mol. The highest BCUT2D eigenvalue weighted by Crippen LogP contribution is 2.26. The Hall–Kier alpha value is -1.81. The number of halogens is 2. The SMILES string of the molecule is CCNC(c1cc(C)ccn1)c1ccc(C)c(F)c1F. The number of hydrogen-bond donors (Lipinski definition) is 1. The number of nitrogens with one attached hydrogen (secondary N) is 1. The molecule has 20 heavy (non-hydrogen) atoms. The first-order valence-electron chi connectivity index (χ1n) is 6.65. The molecule has 0 radical (unpaired) electrons. The maximum Gasteiger partial charge on any atom is 0.164 e. The van der Waals surface area contributed by atoms with Crippen LogP contribution in [-0.2, 0) is 0 Å². The Balaban J connectivity index is 2.51. The van der Waals surface area contributed by atoms with Crippen LogP contribution >= 0.6 is 0 Å². The third-order valence-electron chi connectivity index (χ3n) is 3.26. The zero-order valence-corrected chi connectivity index (χ0v) is 11.9. The second kappa shape index (κ2) is 6.09. The fourth-order valence-corrected chi connectivity index (χ4v) is 2.18. The molecule has 2 rings (SSSR count). The number of hydrogen-bond acceptors (Lipinski definition) is 2. The van der Waals surface area contributed by atoms with Gasteiger partial charge >= 0.3 is 0 Å². The van der Waals surface area contributed by atoms with Gasteiger partial charge in [0.15, 0.2) is 11.6 Å². The highest BCUT2D eigenvalue weighted by atomic mass is 19.2. The zero-order valence-electron chi connectivity index (χ0n) is 11.9. The average Bonchev–Trinajstić information content (AvgIpc) is 2.43. The van der Waals surface area contributed by atoms with E-state index in [0.29, 0.717) is 17.8 Å². The molecule has 0 aliphatic carbocycles. The summed E-state index contributed by atoms with van der Waals surface area (Å²) in [7, 11) is 0. The van der Waals surface area contributed by atoms with E-state index in [1.54, 1.807) is 25.3 Å². The molecule has 4 heteroatoms. The molecule has 0 aliphatic heterocycles. The average molecular weight is 276 g/mol. The maximum atomic E-state index is 14.2. The van der Waals surface area contributed by atoms with Crippen molar-refractivity contribution < 1.29 is 8.78 Å². The van der Waals surface area contributed by atoms with Gasteiger partial charge in [-0.25, -0.2) is 8.78 Å². The minimum Gasteiger partial charge on any atom is -0.305 e. The largest absolute Gasteiger partial charge is 0.305 e. The topological polar surface area (TPSA) is 24.9 Å². The van der Waals surface area contributed by atoms with Crippen molar-refractivity contribution >= 4 is 0 Å². The molecule has 1 atom stereocenters. The lowest BCUT2D eigenvalue weighted by molar-refractivity contribution is 0.476. The number of aryl methyl sites for hydroxylation is 2. The van der Waals surface area contributed by atoms with Gasteiger partial charge in [0.1, 0.15) is 0 Å². The summed E-state index contributed by atoms with van der Waals surface area (Å²) in [5, 5.41) is 3.16. The predicted octanol–water partition coefficient (Wildman–Crippen LogP) is 3.68. The van der Waals surface area contributed by atoms with Crippen LogP contribution in [0.3, 0.4) is 0 Å². The van der Waals surface area contributed by atoms with Gasteiger partial charge in [0.05, 0.1) is 11.7 Å². The van der Waals surface area contributed by atoms with Gasteiger partial charge in [0, 0.05) is 11.8 Å². The fraction of sp³-hybridized carbons (Fsp3) is 0.312. The smallest absolute Gasteiger partial charge is 0.164 e. The van der Waals surface area contributed by atoms with Crippen molar-refractivity contribution in [3.8, 4) is 0 Å². The third kappa shape index (κ3) is 2.85. The van der Waals surface area contributed by atoms with Crippen molar-refractivity contribution in [2.45, 2.75) is 26.8 Å². The van der Waals surface area contributed by atoms with E-state index in [1.165, 1.54) is 0 Å². The molecule has 1 aromatic carbocycles. The van der Waals surface area contributed by atoms with Crippen molar-refractivity contribution in [3.63, 3.8) is 0 Å². The van der Waals surface area contributed by atoms with Gasteiger partial charge in [-0.1, -0.05) is 19.1 Å². The molecule has 1 N–H and O–H groups in total. The van der Waals surface area contributed by atoms with Crippen LogP contribution < -0.4 is 5.32 Å². The maximum absolute atomic E-state index is 14.2. The van der Waals surface area contributed by atoms with E-state index in [-0.39, 0.29) is 5.56 Å². The second-order valence-electron chi connectivity index (χ2n) is 4.85. The van der Waals surface area contributed by atoms with Crippen molar-refractivity contribution in [1.82, 2.24) is 10.3 Å². The lowest BCUT2D eigenvalue weighted by Gasteiger charge is -2.19. The summed E-state index contributed by atoms with van der Waals surface area (Å²) in [6.07, 6.45) is 1.68. The Morgan fingerprint density at radius 1 is 1.15 bits per heavy atom. The molecule has 0 saturated heterocycles. The van der Waals surface area contributed by atoms with Crippen molar-refractivity contribution in [2.75, 3.05) is 6.54 Å². The molecule has 1 aromatic heterocycles. The van der Waals surface area contributed by atoms with Crippen LogP contribution in [0.4, 0.5) is 8.78 Å². The van der Waals surface area contributed by atoms with E-state index in [4.69, 9.17) is 0 Å². The molecular formula is C16H18F2N2. The Morgan fingerprint density at radius 3 is 2.55 bits per heavy atom. The van der Waals surface area contributed by atoms with Gasteiger partial charge in [-0.3, -0.25) is 4.98 Å². The van der Waals surface area contributed by atoms with Crippen LogP contribution in [0.25, 0.3) is 0 Å². The summed E-state index contributed by atoms with van der Waals surface area (Å²) in [5.41, 5.74) is 2.31. The number of benzene rings is 1. The van der Waals surface area contributed by atoms with Crippen molar-refractivity contribution in [3.05, 3.63) is 64.5 Å². The summed E-state index contributed by atoms with van der Waals surface area (Å²) in [6, 6.07) is 6.51. The van der Waals surface area contributed by atoms with Crippen molar-refractivity contribution in [1.29, 1.82) is 0 Å². The van der Waals surface area contributed by atoms with Gasteiger partial charge in [-0.15, -0.1) is 0 Å². The van der Waals surface area contributed by atoms with Crippen LogP contribution in [0.5, 0.6) is 0 Å². The van der Waals surface area contributed by atoms with Gasteiger partial charge in [-0.05, 0) is 43.7 Å². The summed E-state index contributed by atoms with van der Waals surface area (Å²) >= 11 is 0. The standard InChI is InChI=1S/C16H18F2N2/c1-4-19-16(13-9-10(2)7-8-20-13)12-6-5-11(3)14(17)15(12)18/h5-9,16,19H,4H2,1-3H3. The first-order valence-corrected chi connectivity index (χ1v) is 6.65. The Bertz CT molecular complexity index is 611. The minimum absolute atomic E-state index is 0.285. The second-order valence-corrected chi connectivity index (χ2v) is 4.85. The molecule has 1 unspecified atom stereocenters. The number of rotatable bonds is 4. The van der Waals surface area contributed by atoms with Crippen LogP contribution in [0.2, 0.25) is 0 Å². The Morgan fingerprint density at radius 2 is 1.90 bits per heavy atom. The highest BCUT2D eigenvalue weighted by molar-refractivity contribution is 5.33. The van der Waals surface area contributed by atoms with Crippen LogP contribution in [0.15, 0.2) is 30.5 Å². The molecule has 2 nitrogen and oxygen atoms in total. The summed E-state index contributed by atoms with van der Waals surface area (Å²) in [6.45, 7) is 6.05. The molecule has 0 spiro atoms. The molecule has 0 amide bonds. The van der Waals surface area contributed by atoms with E-state index in [1.807, 2.05) is 26.0 Å². The quantitative estimate of drug-likeness (QED) is 0.921. The van der Waals surface area contributed by atoms with E-state index in [9.17, 15) is 8.78 Å². The Kier molecular flexibility index (Phi) is 4.45. The molecule has 106 valence electrons. The lowest BCUT2D eigenvalue weighted by atomic mass is 9.99. The van der Waals surface area contributed by atoms with Gasteiger partial charge in [-0.2, -0.15) is 0 Å². The first-order chi connectivity index (χ1) is 9.54. The molecule has 2 aromatic rings. The van der Waals surface area contributed by atoms with Crippen LogP contribution in [-0.4, -0.2) is 11.5 Å². The van der Waals surface area contributed by atoms with E-state index < -0.39 is 17.7 Å². The molecule has 0 saturated carbocycles. The van der Waals surface area contributed by atoms with E-state index in [2.05, 4.69) is 10.3 Å². The van der Waals surface area contributed by atoms with E-state index >= 15 is 0 Å². The number of aromatic nitrogens is 1. The van der Waals surface area contributed by atoms with Gasteiger partial charge in [0.25, 0.3) is 0 Å². The van der Waals surface area contributed by atoms with Crippen molar-refractivity contribution in [2.24, 2.45) is 0 Å². The monoisotopic (exact) mass is 276 g/mol. The molecular weight excluding hydrogens is 258 g/mol. The van der Waals surface area contributed by atoms with Crippen LogP contribution in [0, 0.1) is 25.5 Å². The Labute approximate surface area is 117 Å². The summed E-state index contributed by atoms with van der Waals surface area (Å²) in [4.78, 5) is 4.28. The molecule has 0 aliphatic rings. The normalized spacial score (nSPS) is 12.4. The number of nitrogens with zero attached hydrogens (tertiary/aromatic N) is 1. The van der Waals surface area contributed by atoms with Crippen LogP contribution in [0.1, 0.15) is 35.3 Å².